The standard InChI is InChI=1S/C15H10BrFN2O/c16-12-8-10(17)6-7-11(12)14-13(15(18)19-20-14)9-4-2-1-3-5-9/h1-8H,(H2,18,19). The van der Waals surface area contributed by atoms with E-state index in [2.05, 4.69) is 21.1 Å². The van der Waals surface area contributed by atoms with Gasteiger partial charge in [-0.3, -0.25) is 0 Å². The lowest BCUT2D eigenvalue weighted by molar-refractivity contribution is 0.436. The summed E-state index contributed by atoms with van der Waals surface area (Å²) in [6.45, 7) is 0. The first kappa shape index (κ1) is 12.9. The van der Waals surface area contributed by atoms with Crippen molar-refractivity contribution in [2.45, 2.75) is 0 Å². The van der Waals surface area contributed by atoms with Crippen LogP contribution >= 0.6 is 15.9 Å². The smallest absolute Gasteiger partial charge is 0.178 e. The minimum atomic E-state index is -0.325. The third-order valence-corrected chi connectivity index (χ3v) is 3.61. The molecular weight excluding hydrogens is 323 g/mol. The van der Waals surface area contributed by atoms with Gasteiger partial charge < -0.3 is 10.3 Å². The lowest BCUT2D eigenvalue weighted by Crippen LogP contribution is -1.89. The molecule has 3 aromatic rings. The highest BCUT2D eigenvalue weighted by atomic mass is 79.9. The molecule has 3 nitrogen and oxygen atoms in total. The average molecular weight is 333 g/mol. The normalized spacial score (nSPS) is 10.7. The molecule has 0 unspecified atom stereocenters. The van der Waals surface area contributed by atoms with Crippen LogP contribution in [0.1, 0.15) is 0 Å². The van der Waals surface area contributed by atoms with Gasteiger partial charge >= 0.3 is 0 Å². The van der Waals surface area contributed by atoms with E-state index in [1.807, 2.05) is 30.3 Å². The molecule has 0 radical (unpaired) electrons. The summed E-state index contributed by atoms with van der Waals surface area (Å²) in [6, 6.07) is 14.0. The topological polar surface area (TPSA) is 52.0 Å². The Morgan fingerprint density at radius 1 is 1.10 bits per heavy atom. The lowest BCUT2D eigenvalue weighted by atomic mass is 10.0. The van der Waals surface area contributed by atoms with Crippen molar-refractivity contribution in [3.8, 4) is 22.5 Å². The summed E-state index contributed by atoms with van der Waals surface area (Å²) in [5.41, 5.74) is 8.21. The van der Waals surface area contributed by atoms with Crippen molar-refractivity contribution < 1.29 is 8.91 Å². The van der Waals surface area contributed by atoms with Crippen molar-refractivity contribution in [1.82, 2.24) is 5.16 Å². The Hall–Kier alpha value is -2.14. The quantitative estimate of drug-likeness (QED) is 0.752. The molecule has 0 bridgehead atoms. The van der Waals surface area contributed by atoms with Gasteiger partial charge in [-0.1, -0.05) is 35.5 Å². The Balaban J connectivity index is 2.21. The second-order valence-corrected chi connectivity index (χ2v) is 5.12. The van der Waals surface area contributed by atoms with E-state index in [4.69, 9.17) is 10.3 Å². The fourth-order valence-corrected chi connectivity index (χ4v) is 2.57. The molecule has 20 heavy (non-hydrogen) atoms. The molecule has 2 aromatic carbocycles. The zero-order valence-corrected chi connectivity index (χ0v) is 11.9. The third-order valence-electron chi connectivity index (χ3n) is 2.96. The van der Waals surface area contributed by atoms with Gasteiger partial charge in [0.05, 0.1) is 5.56 Å². The molecule has 0 aliphatic carbocycles. The first-order valence-electron chi connectivity index (χ1n) is 5.93. The summed E-state index contributed by atoms with van der Waals surface area (Å²) in [5.74, 6) is 0.498. The Morgan fingerprint density at radius 2 is 1.85 bits per heavy atom. The van der Waals surface area contributed by atoms with Crippen LogP contribution in [0.5, 0.6) is 0 Å². The van der Waals surface area contributed by atoms with E-state index in [1.54, 1.807) is 6.07 Å². The van der Waals surface area contributed by atoms with Crippen LogP contribution in [0.3, 0.4) is 0 Å². The van der Waals surface area contributed by atoms with Gasteiger partial charge in [0.25, 0.3) is 0 Å². The van der Waals surface area contributed by atoms with E-state index in [9.17, 15) is 4.39 Å². The number of halogens is 2. The summed E-state index contributed by atoms with van der Waals surface area (Å²) in [6.07, 6.45) is 0. The number of nitrogens with two attached hydrogens (primary N) is 1. The van der Waals surface area contributed by atoms with Crippen molar-refractivity contribution in [2.24, 2.45) is 0 Å². The highest BCUT2D eigenvalue weighted by Gasteiger charge is 2.19. The van der Waals surface area contributed by atoms with Crippen LogP contribution in [0, 0.1) is 5.82 Å². The second-order valence-electron chi connectivity index (χ2n) is 4.26. The van der Waals surface area contributed by atoms with Crippen molar-refractivity contribution in [1.29, 1.82) is 0 Å². The van der Waals surface area contributed by atoms with E-state index in [0.29, 0.717) is 27.2 Å². The summed E-state index contributed by atoms with van der Waals surface area (Å²) in [5, 5.41) is 3.82. The molecule has 0 saturated heterocycles. The molecular formula is C15H10BrFN2O. The molecule has 100 valence electrons. The SMILES string of the molecule is Nc1noc(-c2ccc(F)cc2Br)c1-c1ccccc1. The summed E-state index contributed by atoms with van der Waals surface area (Å²) < 4.78 is 19.1. The van der Waals surface area contributed by atoms with Crippen LogP contribution in [-0.4, -0.2) is 5.16 Å². The van der Waals surface area contributed by atoms with Gasteiger partial charge in [0.2, 0.25) is 0 Å². The number of anilines is 1. The van der Waals surface area contributed by atoms with Crippen molar-refractivity contribution in [3.05, 3.63) is 58.8 Å². The number of benzene rings is 2. The number of aromatic nitrogens is 1. The molecule has 0 aliphatic rings. The van der Waals surface area contributed by atoms with Crippen LogP contribution in [0.15, 0.2) is 57.5 Å². The average Bonchev–Trinajstić information content (AvgIpc) is 2.81. The van der Waals surface area contributed by atoms with Gasteiger partial charge in [-0.05, 0) is 39.7 Å². The molecule has 5 heteroatoms. The highest BCUT2D eigenvalue weighted by molar-refractivity contribution is 9.10. The lowest BCUT2D eigenvalue weighted by Gasteiger charge is -2.04. The van der Waals surface area contributed by atoms with E-state index in [0.717, 1.165) is 5.56 Å². The fraction of sp³-hybridized carbons (Fsp3) is 0. The van der Waals surface area contributed by atoms with E-state index in [1.165, 1.54) is 12.1 Å². The molecule has 0 spiro atoms. The maximum absolute atomic E-state index is 13.2. The number of hydrogen-bond donors (Lipinski definition) is 1. The van der Waals surface area contributed by atoms with E-state index < -0.39 is 0 Å². The number of nitrogen functional groups attached to an aromatic ring is 1. The van der Waals surface area contributed by atoms with Gasteiger partial charge in [-0.25, -0.2) is 4.39 Å². The first-order valence-corrected chi connectivity index (χ1v) is 6.72. The maximum Gasteiger partial charge on any atom is 0.178 e. The van der Waals surface area contributed by atoms with E-state index >= 15 is 0 Å². The number of rotatable bonds is 2. The molecule has 1 heterocycles. The van der Waals surface area contributed by atoms with Gasteiger partial charge in [-0.2, -0.15) is 0 Å². The Labute approximate surface area is 123 Å². The molecule has 3 rings (SSSR count). The van der Waals surface area contributed by atoms with Gasteiger partial charge in [-0.15, -0.1) is 0 Å². The minimum Gasteiger partial charge on any atom is -0.380 e. The zero-order chi connectivity index (χ0) is 14.1. The predicted octanol–water partition coefficient (Wildman–Crippen LogP) is 4.49. The van der Waals surface area contributed by atoms with Gasteiger partial charge in [0.1, 0.15) is 5.82 Å². The molecule has 0 amide bonds. The first-order chi connectivity index (χ1) is 9.66. The van der Waals surface area contributed by atoms with Crippen molar-refractivity contribution >= 4 is 21.7 Å². The Kier molecular flexibility index (Phi) is 3.28. The van der Waals surface area contributed by atoms with Crippen LogP contribution in [0.25, 0.3) is 22.5 Å². The molecule has 0 saturated carbocycles. The molecule has 2 N–H and O–H groups in total. The Morgan fingerprint density at radius 3 is 2.55 bits per heavy atom. The molecule has 0 atom stereocenters. The van der Waals surface area contributed by atoms with Crippen molar-refractivity contribution in [2.75, 3.05) is 5.73 Å². The minimum absolute atomic E-state index is 0.308. The van der Waals surface area contributed by atoms with Gasteiger partial charge in [0.15, 0.2) is 11.6 Å². The molecule has 1 aromatic heterocycles. The molecule has 0 aliphatic heterocycles. The summed E-state index contributed by atoms with van der Waals surface area (Å²) in [7, 11) is 0. The number of hydrogen-bond acceptors (Lipinski definition) is 3. The third kappa shape index (κ3) is 2.20. The highest BCUT2D eigenvalue weighted by Crippen LogP contribution is 2.39. The van der Waals surface area contributed by atoms with Crippen molar-refractivity contribution in [3.63, 3.8) is 0 Å². The summed E-state index contributed by atoms with van der Waals surface area (Å²) >= 11 is 3.33. The maximum atomic E-state index is 13.2. The van der Waals surface area contributed by atoms with Crippen LogP contribution in [0.4, 0.5) is 10.2 Å². The van der Waals surface area contributed by atoms with E-state index in [-0.39, 0.29) is 5.82 Å². The largest absolute Gasteiger partial charge is 0.380 e. The second kappa shape index (κ2) is 5.09. The number of nitrogens with zero attached hydrogens (tertiary/aromatic N) is 1. The fourth-order valence-electron chi connectivity index (χ4n) is 2.04. The Bertz CT molecular complexity index is 756. The zero-order valence-electron chi connectivity index (χ0n) is 10.3. The van der Waals surface area contributed by atoms with Gasteiger partial charge in [0, 0.05) is 10.0 Å². The van der Waals surface area contributed by atoms with Crippen LogP contribution in [0.2, 0.25) is 0 Å². The monoisotopic (exact) mass is 332 g/mol. The van der Waals surface area contributed by atoms with Crippen LogP contribution in [-0.2, 0) is 0 Å². The predicted molar refractivity (Wildman–Crippen MR) is 79.4 cm³/mol. The van der Waals surface area contributed by atoms with Crippen LogP contribution < -0.4 is 5.73 Å². The molecule has 0 fully saturated rings. The summed E-state index contributed by atoms with van der Waals surface area (Å²) in [4.78, 5) is 0.